The van der Waals surface area contributed by atoms with Gasteiger partial charge in [0.15, 0.2) is 0 Å². The van der Waals surface area contributed by atoms with Crippen LogP contribution >= 0.6 is 0 Å². The van der Waals surface area contributed by atoms with Crippen molar-refractivity contribution in [2.45, 2.75) is 41.5 Å². The SMILES string of the molecule is CC1=[C-]C(C)C(C)=C1.CC1=[C-]C(C)C=C1C.[Zr+2]. The van der Waals surface area contributed by atoms with Crippen molar-refractivity contribution in [3.05, 3.63) is 46.6 Å². The van der Waals surface area contributed by atoms with Gasteiger partial charge in [-0.3, -0.25) is 12.2 Å². The van der Waals surface area contributed by atoms with E-state index < -0.39 is 0 Å². The van der Waals surface area contributed by atoms with Crippen LogP contribution in [-0.2, 0) is 26.2 Å². The summed E-state index contributed by atoms with van der Waals surface area (Å²) in [6.45, 7) is 12.8. The summed E-state index contributed by atoms with van der Waals surface area (Å²) in [6, 6.07) is 0. The van der Waals surface area contributed by atoms with Gasteiger partial charge >= 0.3 is 26.2 Å². The van der Waals surface area contributed by atoms with Crippen LogP contribution in [0.3, 0.4) is 0 Å². The second kappa shape index (κ2) is 7.32. The Hall–Kier alpha value is -0.157. The first-order chi connectivity index (χ1) is 7.40. The number of hydrogen-bond donors (Lipinski definition) is 0. The zero-order valence-corrected chi connectivity index (χ0v) is 14.3. The van der Waals surface area contributed by atoms with E-state index in [1.165, 1.54) is 22.3 Å². The molecule has 0 aromatic rings. The molecule has 1 heteroatoms. The Balaban J connectivity index is 0.000000284. The van der Waals surface area contributed by atoms with Gasteiger partial charge in [-0.25, -0.2) is 22.8 Å². The Kier molecular flexibility index (Phi) is 7.25. The molecule has 0 aliphatic heterocycles. The molecule has 2 aliphatic carbocycles. The van der Waals surface area contributed by atoms with Gasteiger partial charge in [0, 0.05) is 0 Å². The maximum absolute atomic E-state index is 3.29. The monoisotopic (exact) mass is 304 g/mol. The second-order valence-corrected chi connectivity index (χ2v) is 4.85. The van der Waals surface area contributed by atoms with Gasteiger partial charge in [0.2, 0.25) is 0 Å². The van der Waals surface area contributed by atoms with Gasteiger partial charge in [-0.05, 0) is 0 Å². The normalized spacial score (nSPS) is 26.0. The summed E-state index contributed by atoms with van der Waals surface area (Å²) >= 11 is 0. The minimum absolute atomic E-state index is 0. The Morgan fingerprint density at radius 3 is 1.71 bits per heavy atom. The van der Waals surface area contributed by atoms with Gasteiger partial charge in [0.05, 0.1) is 0 Å². The van der Waals surface area contributed by atoms with E-state index in [1.54, 1.807) is 0 Å². The first-order valence-corrected chi connectivity index (χ1v) is 5.97. The van der Waals surface area contributed by atoms with Crippen LogP contribution in [0, 0.1) is 24.0 Å². The molecular formula is C16H22Zr. The Bertz CT molecular complexity index is 362. The number of allylic oxidation sites excluding steroid dienone is 8. The zero-order chi connectivity index (χ0) is 12.3. The molecular weight excluding hydrogens is 283 g/mol. The molecule has 2 aliphatic rings. The van der Waals surface area contributed by atoms with E-state index >= 15 is 0 Å². The third-order valence-electron chi connectivity index (χ3n) is 3.11. The molecule has 90 valence electrons. The van der Waals surface area contributed by atoms with Crippen molar-refractivity contribution < 1.29 is 26.2 Å². The van der Waals surface area contributed by atoms with Crippen molar-refractivity contribution in [3.63, 3.8) is 0 Å². The Morgan fingerprint density at radius 1 is 1.00 bits per heavy atom. The van der Waals surface area contributed by atoms with E-state index in [-0.39, 0.29) is 26.2 Å². The minimum Gasteiger partial charge on any atom is -0.266 e. The van der Waals surface area contributed by atoms with E-state index in [1.807, 2.05) is 0 Å². The molecule has 0 fully saturated rings. The molecule has 17 heavy (non-hydrogen) atoms. The summed E-state index contributed by atoms with van der Waals surface area (Å²) in [7, 11) is 0. The molecule has 0 aromatic carbocycles. The second-order valence-electron chi connectivity index (χ2n) is 4.85. The van der Waals surface area contributed by atoms with Gasteiger partial charge in [-0.15, -0.1) is 6.92 Å². The molecule has 0 saturated carbocycles. The van der Waals surface area contributed by atoms with Crippen LogP contribution in [0.5, 0.6) is 0 Å². The maximum atomic E-state index is 3.29. The maximum Gasteiger partial charge on any atom is 2.00 e. The average molecular weight is 306 g/mol. The molecule has 0 heterocycles. The molecule has 2 rings (SSSR count). The van der Waals surface area contributed by atoms with Gasteiger partial charge in [0.25, 0.3) is 0 Å². The first kappa shape index (κ1) is 16.8. The van der Waals surface area contributed by atoms with E-state index in [2.05, 4.69) is 65.8 Å². The predicted molar refractivity (Wildman–Crippen MR) is 70.7 cm³/mol. The van der Waals surface area contributed by atoms with Crippen molar-refractivity contribution in [3.8, 4) is 0 Å². The van der Waals surface area contributed by atoms with Crippen LogP contribution in [0.4, 0.5) is 0 Å². The minimum atomic E-state index is 0. The summed E-state index contributed by atoms with van der Waals surface area (Å²) in [5, 5.41) is 0. The summed E-state index contributed by atoms with van der Waals surface area (Å²) in [4.78, 5) is 0. The van der Waals surface area contributed by atoms with E-state index in [0.29, 0.717) is 11.8 Å². The first-order valence-electron chi connectivity index (χ1n) is 5.97. The summed E-state index contributed by atoms with van der Waals surface area (Å²) in [5.41, 5.74) is 5.42. The number of hydrogen-bond acceptors (Lipinski definition) is 0. The van der Waals surface area contributed by atoms with Crippen molar-refractivity contribution in [2.75, 3.05) is 0 Å². The van der Waals surface area contributed by atoms with E-state index in [4.69, 9.17) is 0 Å². The van der Waals surface area contributed by atoms with Gasteiger partial charge in [0.1, 0.15) is 0 Å². The van der Waals surface area contributed by atoms with Crippen LogP contribution in [0.1, 0.15) is 41.5 Å². The predicted octanol–water partition coefficient (Wildman–Crippen LogP) is 4.66. The van der Waals surface area contributed by atoms with E-state index in [0.717, 1.165) is 0 Å². The summed E-state index contributed by atoms with van der Waals surface area (Å²) < 4.78 is 0. The molecule has 0 bridgehead atoms. The van der Waals surface area contributed by atoms with Gasteiger partial charge < -0.3 is 0 Å². The van der Waals surface area contributed by atoms with Gasteiger partial charge in [-0.1, -0.05) is 46.5 Å². The van der Waals surface area contributed by atoms with Crippen molar-refractivity contribution >= 4 is 0 Å². The van der Waals surface area contributed by atoms with Crippen LogP contribution in [0.15, 0.2) is 34.4 Å². The quantitative estimate of drug-likeness (QED) is 0.571. The Morgan fingerprint density at radius 2 is 1.59 bits per heavy atom. The van der Waals surface area contributed by atoms with Crippen molar-refractivity contribution in [1.29, 1.82) is 0 Å². The smallest absolute Gasteiger partial charge is 0.266 e. The fourth-order valence-electron chi connectivity index (χ4n) is 1.96. The van der Waals surface area contributed by atoms with E-state index in [9.17, 15) is 0 Å². The molecule has 0 saturated heterocycles. The largest absolute Gasteiger partial charge is 2.00 e. The van der Waals surface area contributed by atoms with Crippen LogP contribution in [-0.4, -0.2) is 0 Å². The van der Waals surface area contributed by atoms with Crippen LogP contribution in [0.2, 0.25) is 0 Å². The molecule has 0 spiro atoms. The third kappa shape index (κ3) is 5.34. The average Bonchev–Trinajstić information content (AvgIpc) is 2.58. The molecule has 0 nitrogen and oxygen atoms in total. The zero-order valence-electron chi connectivity index (χ0n) is 11.8. The molecule has 0 aromatic heterocycles. The molecule has 2 atom stereocenters. The topological polar surface area (TPSA) is 0 Å². The van der Waals surface area contributed by atoms with Crippen LogP contribution < -0.4 is 0 Å². The third-order valence-corrected chi connectivity index (χ3v) is 3.11. The standard InChI is InChI=1S/2C8H11.Zr/c2*1-6-4-7(2)8(3)5-6;/h4,8H,1-3H3;4,6H,1-3H3;/q2*-1;+2. The van der Waals surface area contributed by atoms with Crippen molar-refractivity contribution in [2.24, 2.45) is 11.8 Å². The molecule has 0 radical (unpaired) electrons. The molecule has 0 amide bonds. The fraction of sp³-hybridized carbons (Fsp3) is 0.500. The molecule has 2 unspecified atom stereocenters. The van der Waals surface area contributed by atoms with Crippen LogP contribution in [0.25, 0.3) is 0 Å². The number of rotatable bonds is 0. The Labute approximate surface area is 126 Å². The summed E-state index contributed by atoms with van der Waals surface area (Å²) in [6.07, 6.45) is 11.0. The van der Waals surface area contributed by atoms with Gasteiger partial charge in [-0.2, -0.15) is 11.6 Å². The molecule has 0 N–H and O–H groups in total. The van der Waals surface area contributed by atoms with Crippen molar-refractivity contribution in [1.82, 2.24) is 0 Å². The fourth-order valence-corrected chi connectivity index (χ4v) is 1.96. The summed E-state index contributed by atoms with van der Waals surface area (Å²) in [5.74, 6) is 1.12.